The van der Waals surface area contributed by atoms with Crippen molar-refractivity contribution in [1.82, 2.24) is 4.90 Å². The zero-order valence-corrected chi connectivity index (χ0v) is 13.4. The molecule has 1 fully saturated rings. The van der Waals surface area contributed by atoms with Gasteiger partial charge in [0.15, 0.2) is 5.78 Å². The van der Waals surface area contributed by atoms with Crippen LogP contribution in [-0.2, 0) is 4.74 Å². The lowest BCUT2D eigenvalue weighted by Crippen LogP contribution is -2.46. The van der Waals surface area contributed by atoms with E-state index in [2.05, 4.69) is 11.8 Å². The van der Waals surface area contributed by atoms with Gasteiger partial charge in [-0.2, -0.15) is 0 Å². The number of morpholine rings is 1. The molecule has 4 nitrogen and oxygen atoms in total. The van der Waals surface area contributed by atoms with Crippen molar-refractivity contribution < 1.29 is 14.3 Å². The Morgan fingerprint density at radius 3 is 2.86 bits per heavy atom. The fourth-order valence-electron chi connectivity index (χ4n) is 2.80. The first-order chi connectivity index (χ1) is 10.1. The third-order valence-electron chi connectivity index (χ3n) is 4.13. The Kier molecular flexibility index (Phi) is 5.37. The minimum absolute atomic E-state index is 0.0238. The number of methoxy groups -OCH3 is 1. The van der Waals surface area contributed by atoms with Crippen LogP contribution in [0.15, 0.2) is 12.1 Å². The molecule has 0 aromatic heterocycles. The summed E-state index contributed by atoms with van der Waals surface area (Å²) in [6.07, 6.45) is 0.703. The van der Waals surface area contributed by atoms with E-state index in [0.717, 1.165) is 30.6 Å². The van der Waals surface area contributed by atoms with E-state index in [-0.39, 0.29) is 11.9 Å². The summed E-state index contributed by atoms with van der Waals surface area (Å²) >= 11 is 0. The van der Waals surface area contributed by atoms with Gasteiger partial charge in [0.25, 0.3) is 0 Å². The molecule has 1 saturated heterocycles. The highest BCUT2D eigenvalue weighted by Gasteiger charge is 2.29. The quantitative estimate of drug-likeness (QED) is 0.782. The van der Waals surface area contributed by atoms with Crippen LogP contribution in [0.25, 0.3) is 0 Å². The van der Waals surface area contributed by atoms with Crippen LogP contribution in [0, 0.1) is 13.8 Å². The number of ether oxygens (including phenoxy) is 2. The van der Waals surface area contributed by atoms with Crippen molar-refractivity contribution >= 4 is 5.78 Å². The Hall–Kier alpha value is -1.39. The average molecular weight is 291 g/mol. The first-order valence-corrected chi connectivity index (χ1v) is 7.60. The van der Waals surface area contributed by atoms with E-state index in [9.17, 15) is 4.79 Å². The van der Waals surface area contributed by atoms with Crippen LogP contribution >= 0.6 is 0 Å². The SMILES string of the molecule is CCCN1CCOC(C(=O)c2ccc(C)c(C)c2OC)C1. The van der Waals surface area contributed by atoms with E-state index in [1.807, 2.05) is 26.0 Å². The summed E-state index contributed by atoms with van der Waals surface area (Å²) in [6, 6.07) is 3.82. The number of ketones is 1. The monoisotopic (exact) mass is 291 g/mol. The molecule has 0 saturated carbocycles. The molecule has 0 N–H and O–H groups in total. The van der Waals surface area contributed by atoms with Crippen molar-refractivity contribution in [3.05, 3.63) is 28.8 Å². The maximum Gasteiger partial charge on any atom is 0.196 e. The molecule has 0 bridgehead atoms. The molecule has 1 unspecified atom stereocenters. The molecule has 0 spiro atoms. The van der Waals surface area contributed by atoms with Crippen LogP contribution < -0.4 is 4.74 Å². The second-order valence-corrected chi connectivity index (χ2v) is 5.61. The van der Waals surface area contributed by atoms with Crippen LogP contribution in [0.5, 0.6) is 5.75 Å². The lowest BCUT2D eigenvalue weighted by Gasteiger charge is -2.32. The number of benzene rings is 1. The number of aryl methyl sites for hydroxylation is 1. The molecule has 1 aromatic rings. The molecule has 1 atom stereocenters. The zero-order valence-electron chi connectivity index (χ0n) is 13.4. The zero-order chi connectivity index (χ0) is 15.4. The van der Waals surface area contributed by atoms with E-state index >= 15 is 0 Å². The number of carbonyl (C=O) groups is 1. The van der Waals surface area contributed by atoms with Gasteiger partial charge in [-0.15, -0.1) is 0 Å². The standard InChI is InChI=1S/C17H25NO3/c1-5-8-18-9-10-21-15(11-18)16(19)14-7-6-12(2)13(3)17(14)20-4/h6-7,15H,5,8-11H2,1-4H3. The van der Waals surface area contributed by atoms with Crippen molar-refractivity contribution in [1.29, 1.82) is 0 Å². The molecule has 0 aliphatic carbocycles. The van der Waals surface area contributed by atoms with Gasteiger partial charge >= 0.3 is 0 Å². The Morgan fingerprint density at radius 1 is 1.43 bits per heavy atom. The van der Waals surface area contributed by atoms with Crippen LogP contribution in [0.3, 0.4) is 0 Å². The van der Waals surface area contributed by atoms with Gasteiger partial charge in [-0.3, -0.25) is 9.69 Å². The molecule has 21 heavy (non-hydrogen) atoms. The number of Topliss-reactive ketones (excluding diaryl/α,β-unsaturated/α-hetero) is 1. The summed E-state index contributed by atoms with van der Waals surface area (Å²) in [6.45, 7) is 9.35. The van der Waals surface area contributed by atoms with Gasteiger partial charge in [0.2, 0.25) is 0 Å². The normalized spacial score (nSPS) is 19.5. The van der Waals surface area contributed by atoms with Crippen LogP contribution in [-0.4, -0.2) is 50.1 Å². The van der Waals surface area contributed by atoms with Gasteiger partial charge in [0, 0.05) is 13.1 Å². The molecule has 1 aromatic carbocycles. The molecular formula is C17H25NO3. The van der Waals surface area contributed by atoms with E-state index in [1.54, 1.807) is 7.11 Å². The third kappa shape index (κ3) is 3.44. The first-order valence-electron chi connectivity index (χ1n) is 7.60. The summed E-state index contributed by atoms with van der Waals surface area (Å²) in [4.78, 5) is 15.1. The largest absolute Gasteiger partial charge is 0.496 e. The summed E-state index contributed by atoms with van der Waals surface area (Å²) < 4.78 is 11.1. The maximum absolute atomic E-state index is 12.8. The average Bonchev–Trinajstić information content (AvgIpc) is 2.50. The van der Waals surface area contributed by atoms with Crippen molar-refractivity contribution in [3.8, 4) is 5.75 Å². The maximum atomic E-state index is 12.8. The fraction of sp³-hybridized carbons (Fsp3) is 0.588. The van der Waals surface area contributed by atoms with Crippen molar-refractivity contribution in [2.75, 3.05) is 33.4 Å². The minimum Gasteiger partial charge on any atom is -0.496 e. The Bertz CT molecular complexity index is 511. The fourth-order valence-corrected chi connectivity index (χ4v) is 2.80. The lowest BCUT2D eigenvalue weighted by molar-refractivity contribution is -0.0164. The second kappa shape index (κ2) is 7.05. The van der Waals surface area contributed by atoms with E-state index in [1.165, 1.54) is 0 Å². The van der Waals surface area contributed by atoms with Crippen LogP contribution in [0.2, 0.25) is 0 Å². The van der Waals surface area contributed by atoms with Crippen LogP contribution in [0.4, 0.5) is 0 Å². The minimum atomic E-state index is -0.388. The third-order valence-corrected chi connectivity index (χ3v) is 4.13. The predicted molar refractivity (Wildman–Crippen MR) is 83.3 cm³/mol. The predicted octanol–water partition coefficient (Wildman–Crippen LogP) is 2.61. The van der Waals surface area contributed by atoms with Crippen molar-refractivity contribution in [2.45, 2.75) is 33.3 Å². The van der Waals surface area contributed by atoms with Gasteiger partial charge in [-0.25, -0.2) is 0 Å². The Balaban J connectivity index is 2.22. The number of carbonyl (C=O) groups excluding carboxylic acids is 1. The van der Waals surface area contributed by atoms with E-state index in [4.69, 9.17) is 9.47 Å². The highest BCUT2D eigenvalue weighted by molar-refractivity contribution is 6.02. The van der Waals surface area contributed by atoms with Gasteiger partial charge in [0.05, 0.1) is 19.3 Å². The molecule has 2 rings (SSSR count). The van der Waals surface area contributed by atoms with E-state index < -0.39 is 0 Å². The van der Waals surface area contributed by atoms with Crippen molar-refractivity contribution in [3.63, 3.8) is 0 Å². The van der Waals surface area contributed by atoms with Gasteiger partial charge < -0.3 is 9.47 Å². The molecule has 1 aliphatic heterocycles. The van der Waals surface area contributed by atoms with Crippen LogP contribution in [0.1, 0.15) is 34.8 Å². The molecule has 1 aliphatic rings. The Morgan fingerprint density at radius 2 is 2.19 bits per heavy atom. The van der Waals surface area contributed by atoms with Gasteiger partial charge in [0.1, 0.15) is 11.9 Å². The summed E-state index contributed by atoms with van der Waals surface area (Å²) in [5, 5.41) is 0. The van der Waals surface area contributed by atoms with E-state index in [0.29, 0.717) is 24.5 Å². The van der Waals surface area contributed by atoms with Crippen molar-refractivity contribution in [2.24, 2.45) is 0 Å². The number of rotatable bonds is 5. The molecule has 0 amide bonds. The number of nitrogens with zero attached hydrogens (tertiary/aromatic N) is 1. The topological polar surface area (TPSA) is 38.8 Å². The second-order valence-electron chi connectivity index (χ2n) is 5.61. The molecule has 4 heteroatoms. The molecule has 116 valence electrons. The Labute approximate surface area is 127 Å². The van der Waals surface area contributed by atoms with Gasteiger partial charge in [-0.1, -0.05) is 13.0 Å². The first kappa shape index (κ1) is 16.0. The molecular weight excluding hydrogens is 266 g/mol. The highest BCUT2D eigenvalue weighted by atomic mass is 16.5. The number of hydrogen-bond donors (Lipinski definition) is 0. The number of hydrogen-bond acceptors (Lipinski definition) is 4. The molecule has 1 heterocycles. The molecule has 0 radical (unpaired) electrons. The summed E-state index contributed by atoms with van der Waals surface area (Å²) in [5.41, 5.74) is 2.77. The lowest BCUT2D eigenvalue weighted by atomic mass is 9.98. The summed E-state index contributed by atoms with van der Waals surface area (Å²) in [5.74, 6) is 0.701. The summed E-state index contributed by atoms with van der Waals surface area (Å²) in [7, 11) is 1.61. The highest BCUT2D eigenvalue weighted by Crippen LogP contribution is 2.28. The smallest absolute Gasteiger partial charge is 0.196 e. The van der Waals surface area contributed by atoms with Gasteiger partial charge in [-0.05, 0) is 44.0 Å².